The van der Waals surface area contributed by atoms with Gasteiger partial charge in [-0.05, 0) is 18.9 Å². The van der Waals surface area contributed by atoms with Gasteiger partial charge in [0.1, 0.15) is 5.15 Å². The van der Waals surface area contributed by atoms with E-state index in [9.17, 15) is 4.79 Å². The predicted molar refractivity (Wildman–Crippen MR) is 57.6 cm³/mol. The molecule has 0 unspecified atom stereocenters. The smallest absolute Gasteiger partial charge is 0.331 e. The molecule has 0 amide bonds. The lowest BCUT2D eigenvalue weighted by Crippen LogP contribution is -2.02. The van der Waals surface area contributed by atoms with E-state index in [1.54, 1.807) is 6.92 Å². The fourth-order valence-electron chi connectivity index (χ4n) is 1.26. The maximum absolute atomic E-state index is 10.8. The average molecular weight is 227 g/mol. The van der Waals surface area contributed by atoms with Gasteiger partial charge in [-0.15, -0.1) is 0 Å². The van der Waals surface area contributed by atoms with Crippen LogP contribution < -0.4 is 0 Å². The minimum atomic E-state index is -0.950. The van der Waals surface area contributed by atoms with Gasteiger partial charge in [-0.3, -0.25) is 4.98 Å². The van der Waals surface area contributed by atoms with Crippen molar-refractivity contribution in [3.63, 3.8) is 0 Å². The van der Waals surface area contributed by atoms with E-state index >= 15 is 0 Å². The molecular formula is C10H11ClN2O2. The lowest BCUT2D eigenvalue weighted by Gasteiger charge is -2.06. The van der Waals surface area contributed by atoms with E-state index in [0.29, 0.717) is 17.7 Å². The van der Waals surface area contributed by atoms with Crippen LogP contribution in [0.2, 0.25) is 5.15 Å². The van der Waals surface area contributed by atoms with Crippen LogP contribution in [0.3, 0.4) is 0 Å². The summed E-state index contributed by atoms with van der Waals surface area (Å²) in [6.07, 6.45) is 3.50. The molecule has 0 spiro atoms. The van der Waals surface area contributed by atoms with Crippen LogP contribution in [0.5, 0.6) is 0 Å². The molecule has 4 nitrogen and oxygen atoms in total. The summed E-state index contributed by atoms with van der Waals surface area (Å²) < 4.78 is 0. The van der Waals surface area contributed by atoms with Crippen LogP contribution in [0, 0.1) is 0 Å². The Labute approximate surface area is 92.6 Å². The molecule has 0 aliphatic carbocycles. The molecule has 0 aliphatic rings. The summed E-state index contributed by atoms with van der Waals surface area (Å²) >= 11 is 5.69. The van der Waals surface area contributed by atoms with Gasteiger partial charge in [0.2, 0.25) is 0 Å². The third kappa shape index (κ3) is 2.76. The van der Waals surface area contributed by atoms with Gasteiger partial charge in [0, 0.05) is 5.57 Å². The van der Waals surface area contributed by atoms with Gasteiger partial charge in [0.25, 0.3) is 0 Å². The summed E-state index contributed by atoms with van der Waals surface area (Å²) in [5.41, 5.74) is 1.44. The monoisotopic (exact) mass is 226 g/mol. The summed E-state index contributed by atoms with van der Waals surface area (Å²) in [5, 5.41) is 9.14. The Morgan fingerprint density at radius 1 is 1.53 bits per heavy atom. The van der Waals surface area contributed by atoms with Crippen LogP contribution in [0.4, 0.5) is 0 Å². The van der Waals surface area contributed by atoms with Gasteiger partial charge in [-0.1, -0.05) is 18.5 Å². The molecular weight excluding hydrogens is 216 g/mol. The van der Waals surface area contributed by atoms with Crippen molar-refractivity contribution in [2.75, 3.05) is 0 Å². The van der Waals surface area contributed by atoms with E-state index in [-0.39, 0.29) is 10.7 Å². The van der Waals surface area contributed by atoms with Gasteiger partial charge in [-0.2, -0.15) is 0 Å². The third-order valence-corrected chi connectivity index (χ3v) is 2.22. The van der Waals surface area contributed by atoms with Crippen molar-refractivity contribution in [1.29, 1.82) is 0 Å². The normalized spacial score (nSPS) is 12.2. The molecule has 1 aromatic heterocycles. The Morgan fingerprint density at radius 2 is 2.20 bits per heavy atom. The molecule has 1 N–H and O–H groups in total. The van der Waals surface area contributed by atoms with Crippen LogP contribution in [0.15, 0.2) is 18.0 Å². The van der Waals surface area contributed by atoms with Crippen molar-refractivity contribution in [3.05, 3.63) is 28.8 Å². The highest BCUT2D eigenvalue weighted by molar-refractivity contribution is 6.29. The van der Waals surface area contributed by atoms with Gasteiger partial charge in [0.15, 0.2) is 0 Å². The molecule has 0 radical (unpaired) electrons. The minimum Gasteiger partial charge on any atom is -0.478 e. The summed E-state index contributed by atoms with van der Waals surface area (Å²) in [6.45, 7) is 3.41. The first-order chi connectivity index (χ1) is 7.06. The fraction of sp³-hybridized carbons (Fsp3) is 0.300. The Bertz CT molecular complexity index is 416. The van der Waals surface area contributed by atoms with Gasteiger partial charge >= 0.3 is 5.97 Å². The molecule has 0 atom stereocenters. The summed E-state index contributed by atoms with van der Waals surface area (Å²) in [7, 11) is 0. The molecule has 0 aromatic carbocycles. The van der Waals surface area contributed by atoms with Crippen molar-refractivity contribution in [3.8, 4) is 0 Å². The zero-order valence-corrected chi connectivity index (χ0v) is 9.25. The molecule has 1 heterocycles. The number of nitrogens with zero attached hydrogens (tertiary/aromatic N) is 2. The first kappa shape index (κ1) is 11.7. The van der Waals surface area contributed by atoms with Gasteiger partial charge < -0.3 is 5.11 Å². The highest BCUT2D eigenvalue weighted by atomic mass is 35.5. The number of carboxylic acids is 1. The maximum Gasteiger partial charge on any atom is 0.331 e. The molecule has 0 aliphatic heterocycles. The topological polar surface area (TPSA) is 63.1 Å². The number of aromatic nitrogens is 2. The molecule has 5 heteroatoms. The second kappa shape index (κ2) is 4.89. The highest BCUT2D eigenvalue weighted by Gasteiger charge is 2.11. The number of hydrogen-bond acceptors (Lipinski definition) is 3. The van der Waals surface area contributed by atoms with Crippen LogP contribution in [0.1, 0.15) is 26.0 Å². The number of halogens is 1. The maximum atomic E-state index is 10.8. The van der Waals surface area contributed by atoms with Crippen LogP contribution >= 0.6 is 11.6 Å². The molecule has 0 saturated heterocycles. The summed E-state index contributed by atoms with van der Waals surface area (Å²) in [4.78, 5) is 18.7. The Morgan fingerprint density at radius 3 is 2.67 bits per heavy atom. The van der Waals surface area contributed by atoms with E-state index in [2.05, 4.69) is 9.97 Å². The quantitative estimate of drug-likeness (QED) is 0.804. The zero-order chi connectivity index (χ0) is 11.4. The molecule has 0 fully saturated rings. The predicted octanol–water partition coefficient (Wildman–Crippen LogP) is 2.40. The van der Waals surface area contributed by atoms with Crippen molar-refractivity contribution in [2.45, 2.75) is 20.3 Å². The number of carbonyl (C=O) groups is 1. The number of rotatable bonds is 3. The number of allylic oxidation sites excluding steroid dienone is 1. The summed E-state index contributed by atoms with van der Waals surface area (Å²) in [5.74, 6) is -0.950. The Balaban J connectivity index is 3.24. The van der Waals surface area contributed by atoms with Crippen LogP contribution in [0.25, 0.3) is 5.57 Å². The third-order valence-electron chi connectivity index (χ3n) is 2.04. The standard InChI is InChI=1S/C10H11ClN2O2/c1-3-7(6(2)10(14)15)8-4-12-5-9(11)13-8/h4-5H,3H2,1-2H3,(H,14,15)/b7-6+. The largest absolute Gasteiger partial charge is 0.478 e. The zero-order valence-electron chi connectivity index (χ0n) is 8.49. The molecule has 80 valence electrons. The average Bonchev–Trinajstić information content (AvgIpc) is 2.18. The molecule has 15 heavy (non-hydrogen) atoms. The minimum absolute atomic E-state index is 0.261. The van der Waals surface area contributed by atoms with Gasteiger partial charge in [0.05, 0.1) is 18.1 Å². The first-order valence-electron chi connectivity index (χ1n) is 4.47. The molecule has 1 aromatic rings. The van der Waals surface area contributed by atoms with Crippen molar-refractivity contribution >= 4 is 23.1 Å². The summed E-state index contributed by atoms with van der Waals surface area (Å²) in [6, 6.07) is 0. The second-order valence-corrected chi connectivity index (χ2v) is 3.38. The molecule has 1 rings (SSSR count). The van der Waals surface area contributed by atoms with E-state index in [1.807, 2.05) is 6.92 Å². The Kier molecular flexibility index (Phi) is 3.80. The van der Waals surface area contributed by atoms with Crippen molar-refractivity contribution in [1.82, 2.24) is 9.97 Å². The van der Waals surface area contributed by atoms with Gasteiger partial charge in [-0.25, -0.2) is 9.78 Å². The van der Waals surface area contributed by atoms with Crippen LogP contribution in [-0.2, 0) is 4.79 Å². The Hall–Kier alpha value is -1.42. The number of aliphatic carboxylic acids is 1. The van der Waals surface area contributed by atoms with E-state index in [0.717, 1.165) is 0 Å². The lowest BCUT2D eigenvalue weighted by atomic mass is 10.0. The number of hydrogen-bond donors (Lipinski definition) is 1. The number of carboxylic acid groups (broad SMARTS) is 1. The second-order valence-electron chi connectivity index (χ2n) is 2.99. The van der Waals surface area contributed by atoms with E-state index in [1.165, 1.54) is 12.4 Å². The van der Waals surface area contributed by atoms with E-state index in [4.69, 9.17) is 16.7 Å². The van der Waals surface area contributed by atoms with Crippen molar-refractivity contribution in [2.24, 2.45) is 0 Å². The highest BCUT2D eigenvalue weighted by Crippen LogP contribution is 2.20. The fourth-order valence-corrected chi connectivity index (χ4v) is 1.40. The molecule has 0 bridgehead atoms. The van der Waals surface area contributed by atoms with E-state index < -0.39 is 5.97 Å². The SMILES string of the molecule is CC/C(=C(/C)C(=O)O)c1cncc(Cl)n1. The van der Waals surface area contributed by atoms with Crippen molar-refractivity contribution < 1.29 is 9.90 Å². The lowest BCUT2D eigenvalue weighted by molar-refractivity contribution is -0.132. The van der Waals surface area contributed by atoms with Crippen LogP contribution in [-0.4, -0.2) is 21.0 Å². The molecule has 0 saturated carbocycles. The first-order valence-corrected chi connectivity index (χ1v) is 4.85.